The number of piperidine rings is 1. The molecule has 0 radical (unpaired) electrons. The lowest BCUT2D eigenvalue weighted by atomic mass is 10.0. The number of likely N-dealkylation sites (tertiary alicyclic amines) is 1. The molecule has 1 saturated heterocycles. The highest BCUT2D eigenvalue weighted by atomic mass is 35.5. The van der Waals surface area contributed by atoms with Crippen molar-refractivity contribution in [3.63, 3.8) is 0 Å². The number of nitrogens with zero attached hydrogens (tertiary/aromatic N) is 1. The van der Waals surface area contributed by atoms with E-state index < -0.39 is 0 Å². The Balaban J connectivity index is 2.02. The van der Waals surface area contributed by atoms with E-state index in [1.165, 1.54) is 6.42 Å². The van der Waals surface area contributed by atoms with Crippen LogP contribution in [0.1, 0.15) is 18.4 Å². The second-order valence-electron chi connectivity index (χ2n) is 4.58. The number of likely N-dealkylation sites (N-methyl/N-ethyl adjacent to an activating group) is 1. The highest BCUT2D eigenvalue weighted by Gasteiger charge is 2.19. The number of benzene rings is 1. The highest BCUT2D eigenvalue weighted by molar-refractivity contribution is 6.30. The van der Waals surface area contributed by atoms with Crippen molar-refractivity contribution in [3.05, 3.63) is 34.6 Å². The molecule has 17 heavy (non-hydrogen) atoms. The van der Waals surface area contributed by atoms with Crippen LogP contribution in [0.15, 0.2) is 18.2 Å². The molecule has 1 aromatic rings. The van der Waals surface area contributed by atoms with Crippen LogP contribution in [0.2, 0.25) is 5.02 Å². The summed E-state index contributed by atoms with van der Waals surface area (Å²) >= 11 is 5.78. The standard InChI is InChI=1S/C13H18ClFN2/c1-16-11-5-3-7-17(9-11)8-10-4-2-6-12(14)13(10)15/h2,4,6,11,16H,3,5,7-9H2,1H3. The molecule has 1 unspecified atom stereocenters. The number of halogens is 2. The lowest BCUT2D eigenvalue weighted by Gasteiger charge is -2.32. The van der Waals surface area contributed by atoms with Crippen molar-refractivity contribution in [1.82, 2.24) is 10.2 Å². The molecule has 1 N–H and O–H groups in total. The molecule has 0 bridgehead atoms. The van der Waals surface area contributed by atoms with Gasteiger partial charge in [0, 0.05) is 24.7 Å². The molecular weight excluding hydrogens is 239 g/mol. The quantitative estimate of drug-likeness (QED) is 0.895. The Kier molecular flexibility index (Phi) is 4.37. The van der Waals surface area contributed by atoms with Gasteiger partial charge in [0.2, 0.25) is 0 Å². The zero-order chi connectivity index (χ0) is 12.3. The second-order valence-corrected chi connectivity index (χ2v) is 4.98. The lowest BCUT2D eigenvalue weighted by molar-refractivity contribution is 0.186. The molecule has 1 aromatic carbocycles. The number of rotatable bonds is 3. The van der Waals surface area contributed by atoms with Gasteiger partial charge in [0.25, 0.3) is 0 Å². The van der Waals surface area contributed by atoms with Gasteiger partial charge in [-0.25, -0.2) is 4.39 Å². The Hall–Kier alpha value is -0.640. The zero-order valence-electron chi connectivity index (χ0n) is 10.0. The number of hydrogen-bond acceptors (Lipinski definition) is 2. The molecule has 0 aliphatic carbocycles. The van der Waals surface area contributed by atoms with Crippen molar-refractivity contribution >= 4 is 11.6 Å². The highest BCUT2D eigenvalue weighted by Crippen LogP contribution is 2.20. The Bertz CT molecular complexity index is 384. The van der Waals surface area contributed by atoms with Crippen LogP contribution in [-0.4, -0.2) is 31.1 Å². The van der Waals surface area contributed by atoms with E-state index in [-0.39, 0.29) is 10.8 Å². The van der Waals surface area contributed by atoms with Crippen LogP contribution in [0.4, 0.5) is 4.39 Å². The van der Waals surface area contributed by atoms with Gasteiger partial charge in [-0.1, -0.05) is 23.7 Å². The van der Waals surface area contributed by atoms with Gasteiger partial charge in [0.15, 0.2) is 0 Å². The maximum absolute atomic E-state index is 13.8. The average molecular weight is 257 g/mol. The first kappa shape index (κ1) is 12.8. The summed E-state index contributed by atoms with van der Waals surface area (Å²) in [5.74, 6) is -0.277. The van der Waals surface area contributed by atoms with Gasteiger partial charge in [0.1, 0.15) is 5.82 Å². The minimum atomic E-state index is -0.277. The van der Waals surface area contributed by atoms with E-state index in [4.69, 9.17) is 11.6 Å². The third kappa shape index (κ3) is 3.18. The number of hydrogen-bond donors (Lipinski definition) is 1. The summed E-state index contributed by atoms with van der Waals surface area (Å²) < 4.78 is 13.8. The summed E-state index contributed by atoms with van der Waals surface area (Å²) in [6.45, 7) is 2.65. The predicted octanol–water partition coefficient (Wildman–Crippen LogP) is 2.66. The second kappa shape index (κ2) is 5.80. The molecule has 0 aromatic heterocycles. The van der Waals surface area contributed by atoms with E-state index in [2.05, 4.69) is 10.2 Å². The van der Waals surface area contributed by atoms with Crippen LogP contribution in [0.25, 0.3) is 0 Å². The van der Waals surface area contributed by atoms with Crippen molar-refractivity contribution in [3.8, 4) is 0 Å². The van der Waals surface area contributed by atoms with Gasteiger partial charge < -0.3 is 5.32 Å². The fourth-order valence-electron chi connectivity index (χ4n) is 2.35. The third-order valence-electron chi connectivity index (χ3n) is 3.34. The minimum absolute atomic E-state index is 0.213. The minimum Gasteiger partial charge on any atom is -0.316 e. The first-order valence-electron chi connectivity index (χ1n) is 6.03. The monoisotopic (exact) mass is 256 g/mol. The Morgan fingerprint density at radius 2 is 2.35 bits per heavy atom. The van der Waals surface area contributed by atoms with Crippen LogP contribution in [0.5, 0.6) is 0 Å². The summed E-state index contributed by atoms with van der Waals surface area (Å²) in [6, 6.07) is 5.73. The first-order chi connectivity index (χ1) is 8.20. The van der Waals surface area contributed by atoms with Crippen LogP contribution in [0, 0.1) is 5.82 Å². The van der Waals surface area contributed by atoms with Crippen molar-refractivity contribution in [2.45, 2.75) is 25.4 Å². The molecule has 2 rings (SSSR count). The molecule has 0 amide bonds. The zero-order valence-corrected chi connectivity index (χ0v) is 10.8. The van der Waals surface area contributed by atoms with Crippen LogP contribution < -0.4 is 5.32 Å². The van der Waals surface area contributed by atoms with Gasteiger partial charge in [0.05, 0.1) is 5.02 Å². The summed E-state index contributed by atoms with van der Waals surface area (Å²) in [5.41, 5.74) is 0.689. The number of nitrogens with one attached hydrogen (secondary N) is 1. The first-order valence-corrected chi connectivity index (χ1v) is 6.41. The Labute approximate surface area is 107 Å². The molecule has 1 aliphatic rings. The Morgan fingerprint density at radius 1 is 1.53 bits per heavy atom. The topological polar surface area (TPSA) is 15.3 Å². The van der Waals surface area contributed by atoms with E-state index in [1.807, 2.05) is 13.1 Å². The fraction of sp³-hybridized carbons (Fsp3) is 0.538. The fourth-order valence-corrected chi connectivity index (χ4v) is 2.54. The van der Waals surface area contributed by atoms with E-state index in [1.54, 1.807) is 12.1 Å². The molecule has 1 heterocycles. The van der Waals surface area contributed by atoms with Gasteiger partial charge in [-0.15, -0.1) is 0 Å². The molecule has 0 saturated carbocycles. The molecular formula is C13H18ClFN2. The van der Waals surface area contributed by atoms with Crippen molar-refractivity contribution < 1.29 is 4.39 Å². The van der Waals surface area contributed by atoms with Crippen molar-refractivity contribution in [2.75, 3.05) is 20.1 Å². The largest absolute Gasteiger partial charge is 0.316 e. The van der Waals surface area contributed by atoms with Crippen LogP contribution >= 0.6 is 11.6 Å². The summed E-state index contributed by atoms with van der Waals surface area (Å²) in [6.07, 6.45) is 2.36. The van der Waals surface area contributed by atoms with Gasteiger partial charge in [-0.2, -0.15) is 0 Å². The molecule has 0 spiro atoms. The lowest BCUT2D eigenvalue weighted by Crippen LogP contribution is -2.43. The molecule has 4 heteroatoms. The van der Waals surface area contributed by atoms with E-state index in [0.29, 0.717) is 18.2 Å². The molecule has 1 fully saturated rings. The summed E-state index contributed by atoms with van der Waals surface area (Å²) in [7, 11) is 1.98. The van der Waals surface area contributed by atoms with E-state index >= 15 is 0 Å². The third-order valence-corrected chi connectivity index (χ3v) is 3.63. The van der Waals surface area contributed by atoms with E-state index in [0.717, 1.165) is 19.5 Å². The van der Waals surface area contributed by atoms with Gasteiger partial charge in [-0.3, -0.25) is 4.90 Å². The van der Waals surface area contributed by atoms with Crippen LogP contribution in [0.3, 0.4) is 0 Å². The summed E-state index contributed by atoms with van der Waals surface area (Å²) in [5, 5.41) is 3.50. The molecule has 1 aliphatic heterocycles. The molecule has 94 valence electrons. The van der Waals surface area contributed by atoms with Crippen molar-refractivity contribution in [2.24, 2.45) is 0 Å². The molecule has 2 nitrogen and oxygen atoms in total. The smallest absolute Gasteiger partial charge is 0.146 e. The van der Waals surface area contributed by atoms with E-state index in [9.17, 15) is 4.39 Å². The van der Waals surface area contributed by atoms with Gasteiger partial charge in [-0.05, 0) is 32.5 Å². The van der Waals surface area contributed by atoms with Gasteiger partial charge >= 0.3 is 0 Å². The SMILES string of the molecule is CNC1CCCN(Cc2cccc(Cl)c2F)C1. The average Bonchev–Trinajstić information content (AvgIpc) is 2.35. The predicted molar refractivity (Wildman–Crippen MR) is 68.8 cm³/mol. The van der Waals surface area contributed by atoms with Crippen LogP contribution in [-0.2, 0) is 6.54 Å². The summed E-state index contributed by atoms with van der Waals surface area (Å²) in [4.78, 5) is 2.28. The maximum atomic E-state index is 13.8. The Morgan fingerprint density at radius 3 is 3.12 bits per heavy atom. The normalized spacial score (nSPS) is 21.7. The molecule has 1 atom stereocenters. The van der Waals surface area contributed by atoms with Crippen molar-refractivity contribution in [1.29, 1.82) is 0 Å². The maximum Gasteiger partial charge on any atom is 0.146 e.